The van der Waals surface area contributed by atoms with Crippen LogP contribution in [0.25, 0.3) is 21.9 Å². The standard InChI is InChI=1S/C27H30F6O2/c1-3-5-7-15-8-10-16(11-9-15)14-34-20-13-19-22(26(30)24(20)28)21-18(35-19)12-17(6-4-2)23(25(21)29)27(31,32)33/h12-13,15-16H,3-11,14H2,1-2H3. The number of furan rings is 1. The van der Waals surface area contributed by atoms with Crippen LogP contribution in [0.4, 0.5) is 26.3 Å². The second kappa shape index (κ2) is 10.3. The Labute approximate surface area is 200 Å². The number of halogens is 6. The molecule has 1 fully saturated rings. The van der Waals surface area contributed by atoms with Crippen LogP contribution in [0.1, 0.15) is 76.3 Å². The Kier molecular flexibility index (Phi) is 7.57. The Bertz CT molecular complexity index is 1190. The first-order valence-electron chi connectivity index (χ1n) is 12.4. The monoisotopic (exact) mass is 500 g/mol. The van der Waals surface area contributed by atoms with E-state index in [-0.39, 0.29) is 41.4 Å². The Morgan fingerprint density at radius 3 is 2.11 bits per heavy atom. The smallest absolute Gasteiger partial charge is 0.419 e. The summed E-state index contributed by atoms with van der Waals surface area (Å²) in [6.07, 6.45) is 2.94. The fourth-order valence-corrected chi connectivity index (χ4v) is 5.27. The molecule has 0 radical (unpaired) electrons. The Hall–Kier alpha value is -2.38. The largest absolute Gasteiger partial charge is 0.490 e. The van der Waals surface area contributed by atoms with Gasteiger partial charge in [0.25, 0.3) is 0 Å². The van der Waals surface area contributed by atoms with Gasteiger partial charge in [0.05, 0.1) is 22.9 Å². The van der Waals surface area contributed by atoms with E-state index in [1.807, 2.05) is 0 Å². The van der Waals surface area contributed by atoms with Crippen molar-refractivity contribution in [3.05, 3.63) is 40.7 Å². The van der Waals surface area contributed by atoms with E-state index >= 15 is 8.78 Å². The molecule has 0 bridgehead atoms. The molecule has 0 spiro atoms. The predicted octanol–water partition coefficient (Wildman–Crippen LogP) is 9.35. The first-order chi connectivity index (χ1) is 16.7. The molecule has 1 heterocycles. The normalized spacial score (nSPS) is 19.1. The first kappa shape index (κ1) is 25.7. The average molecular weight is 501 g/mol. The number of hydrogen-bond donors (Lipinski definition) is 0. The molecule has 0 amide bonds. The number of benzene rings is 2. The summed E-state index contributed by atoms with van der Waals surface area (Å²) in [5, 5.41) is -1.35. The van der Waals surface area contributed by atoms with E-state index in [9.17, 15) is 17.6 Å². The van der Waals surface area contributed by atoms with E-state index < -0.39 is 40.0 Å². The van der Waals surface area contributed by atoms with Crippen molar-refractivity contribution in [1.29, 1.82) is 0 Å². The van der Waals surface area contributed by atoms with Gasteiger partial charge in [-0.1, -0.05) is 52.4 Å². The minimum absolute atomic E-state index is 0.0371. The van der Waals surface area contributed by atoms with Crippen LogP contribution in [0.5, 0.6) is 5.75 Å². The van der Waals surface area contributed by atoms with E-state index in [0.29, 0.717) is 12.3 Å². The maximum Gasteiger partial charge on any atom is 0.419 e. The third-order valence-corrected chi connectivity index (χ3v) is 7.13. The van der Waals surface area contributed by atoms with Crippen LogP contribution in [0.2, 0.25) is 0 Å². The van der Waals surface area contributed by atoms with Gasteiger partial charge in [0, 0.05) is 6.07 Å². The molecule has 1 aromatic heterocycles. The van der Waals surface area contributed by atoms with Gasteiger partial charge in [0.2, 0.25) is 5.82 Å². The van der Waals surface area contributed by atoms with Gasteiger partial charge in [-0.25, -0.2) is 8.78 Å². The predicted molar refractivity (Wildman–Crippen MR) is 123 cm³/mol. The highest BCUT2D eigenvalue weighted by atomic mass is 19.4. The van der Waals surface area contributed by atoms with Crippen LogP contribution in [0.15, 0.2) is 16.5 Å². The minimum atomic E-state index is -4.99. The molecule has 0 saturated heterocycles. The summed E-state index contributed by atoms with van der Waals surface area (Å²) in [5.74, 6) is -3.96. The van der Waals surface area contributed by atoms with Gasteiger partial charge >= 0.3 is 6.18 Å². The number of fused-ring (bicyclic) bond motifs is 3. The molecule has 0 N–H and O–H groups in total. The van der Waals surface area contributed by atoms with Crippen molar-refractivity contribution < 1.29 is 35.5 Å². The topological polar surface area (TPSA) is 22.4 Å². The summed E-state index contributed by atoms with van der Waals surface area (Å²) in [6, 6.07) is 2.17. The van der Waals surface area contributed by atoms with Crippen molar-refractivity contribution in [3.8, 4) is 5.75 Å². The zero-order valence-corrected chi connectivity index (χ0v) is 20.0. The maximum atomic E-state index is 15.1. The molecular formula is C27H30F6O2. The van der Waals surface area contributed by atoms with Crippen LogP contribution >= 0.6 is 0 Å². The quantitative estimate of drug-likeness (QED) is 0.288. The van der Waals surface area contributed by atoms with Crippen LogP contribution < -0.4 is 4.74 Å². The number of alkyl halides is 3. The SMILES string of the molecule is CCCCC1CCC(COc2cc3oc4cc(CCC)c(C(F)(F)F)c(F)c4c3c(F)c2F)CC1. The lowest BCUT2D eigenvalue weighted by Crippen LogP contribution is -2.20. The molecule has 0 atom stereocenters. The average Bonchev–Trinajstić information content (AvgIpc) is 3.18. The third-order valence-electron chi connectivity index (χ3n) is 7.13. The maximum absolute atomic E-state index is 15.1. The van der Waals surface area contributed by atoms with E-state index in [1.54, 1.807) is 6.92 Å². The molecule has 2 nitrogen and oxygen atoms in total. The lowest BCUT2D eigenvalue weighted by atomic mass is 9.80. The van der Waals surface area contributed by atoms with Crippen molar-refractivity contribution in [2.45, 2.75) is 77.8 Å². The number of ether oxygens (including phenoxy) is 1. The van der Waals surface area contributed by atoms with E-state index in [2.05, 4.69) is 6.92 Å². The Morgan fingerprint density at radius 2 is 1.49 bits per heavy atom. The van der Waals surface area contributed by atoms with Crippen molar-refractivity contribution in [2.75, 3.05) is 6.61 Å². The number of hydrogen-bond acceptors (Lipinski definition) is 2. The van der Waals surface area contributed by atoms with Gasteiger partial charge in [0.1, 0.15) is 17.0 Å². The van der Waals surface area contributed by atoms with Crippen LogP contribution in [-0.2, 0) is 12.6 Å². The van der Waals surface area contributed by atoms with E-state index in [4.69, 9.17) is 9.15 Å². The van der Waals surface area contributed by atoms with Gasteiger partial charge < -0.3 is 9.15 Å². The van der Waals surface area contributed by atoms with E-state index in [1.165, 1.54) is 19.3 Å². The second-order valence-corrected chi connectivity index (χ2v) is 9.66. The Balaban J connectivity index is 1.64. The van der Waals surface area contributed by atoms with Gasteiger partial charge in [-0.05, 0) is 42.7 Å². The second-order valence-electron chi connectivity index (χ2n) is 9.66. The number of unbranched alkanes of at least 4 members (excludes halogenated alkanes) is 1. The van der Waals surface area contributed by atoms with Gasteiger partial charge in [-0.3, -0.25) is 0 Å². The molecule has 3 aromatic rings. The molecule has 1 aliphatic rings. The zero-order chi connectivity index (χ0) is 25.3. The molecule has 8 heteroatoms. The molecule has 2 aromatic carbocycles. The molecule has 0 unspecified atom stereocenters. The lowest BCUT2D eigenvalue weighted by molar-refractivity contribution is -0.140. The summed E-state index contributed by atoms with van der Waals surface area (Å²) in [4.78, 5) is 0. The molecule has 1 aliphatic carbocycles. The van der Waals surface area contributed by atoms with Crippen molar-refractivity contribution >= 4 is 21.9 Å². The fourth-order valence-electron chi connectivity index (χ4n) is 5.27. The summed E-state index contributed by atoms with van der Waals surface area (Å²) in [6.45, 7) is 4.03. The highest BCUT2D eigenvalue weighted by molar-refractivity contribution is 6.06. The summed E-state index contributed by atoms with van der Waals surface area (Å²) < 4.78 is 97.0. The van der Waals surface area contributed by atoms with Crippen LogP contribution in [-0.4, -0.2) is 6.61 Å². The highest BCUT2D eigenvalue weighted by Gasteiger charge is 2.39. The minimum Gasteiger partial charge on any atom is -0.490 e. The molecule has 192 valence electrons. The molecule has 4 rings (SSSR count). The van der Waals surface area contributed by atoms with Gasteiger partial charge in [0.15, 0.2) is 11.6 Å². The first-order valence-corrected chi connectivity index (χ1v) is 12.4. The number of rotatable bonds is 8. The van der Waals surface area contributed by atoms with E-state index in [0.717, 1.165) is 37.8 Å². The third kappa shape index (κ3) is 5.12. The lowest BCUT2D eigenvalue weighted by Gasteiger charge is -2.28. The van der Waals surface area contributed by atoms with Crippen molar-refractivity contribution in [2.24, 2.45) is 11.8 Å². The molecule has 0 aliphatic heterocycles. The molecular weight excluding hydrogens is 470 g/mol. The van der Waals surface area contributed by atoms with Crippen LogP contribution in [0, 0.1) is 29.3 Å². The number of aryl methyl sites for hydroxylation is 1. The van der Waals surface area contributed by atoms with Gasteiger partial charge in [-0.2, -0.15) is 17.6 Å². The summed E-state index contributed by atoms with van der Waals surface area (Å²) >= 11 is 0. The van der Waals surface area contributed by atoms with Gasteiger partial charge in [-0.15, -0.1) is 0 Å². The van der Waals surface area contributed by atoms with Crippen molar-refractivity contribution in [1.82, 2.24) is 0 Å². The summed E-state index contributed by atoms with van der Waals surface area (Å²) in [5.41, 5.74) is -2.26. The zero-order valence-electron chi connectivity index (χ0n) is 20.0. The molecule has 1 saturated carbocycles. The van der Waals surface area contributed by atoms with Crippen LogP contribution in [0.3, 0.4) is 0 Å². The summed E-state index contributed by atoms with van der Waals surface area (Å²) in [7, 11) is 0. The Morgan fingerprint density at radius 1 is 0.857 bits per heavy atom. The fraction of sp³-hybridized carbons (Fsp3) is 0.556. The van der Waals surface area contributed by atoms with Crippen molar-refractivity contribution in [3.63, 3.8) is 0 Å². The highest BCUT2D eigenvalue weighted by Crippen LogP contribution is 2.43. The molecule has 35 heavy (non-hydrogen) atoms.